The van der Waals surface area contributed by atoms with E-state index in [2.05, 4.69) is 10.4 Å². The Kier molecular flexibility index (Phi) is 6.17. The third-order valence-electron chi connectivity index (χ3n) is 2.98. The molecule has 0 aliphatic heterocycles. The number of aryl methyl sites for hydroxylation is 2. The van der Waals surface area contributed by atoms with Gasteiger partial charge in [0.05, 0.1) is 23.5 Å². The molecule has 2 aromatic rings. The molecule has 1 heterocycles. The van der Waals surface area contributed by atoms with Crippen molar-refractivity contribution in [1.29, 1.82) is 0 Å². The lowest BCUT2D eigenvalue weighted by atomic mass is 10.1. The van der Waals surface area contributed by atoms with Crippen LogP contribution in [0.1, 0.15) is 21.6 Å². The summed E-state index contributed by atoms with van der Waals surface area (Å²) in [6.07, 6.45) is 1.72. The van der Waals surface area contributed by atoms with Crippen LogP contribution in [0.4, 0.5) is 10.1 Å². The number of nitrogens with zero attached hydrogens (tertiary/aromatic N) is 2. The molecular weight excluding hydrogens is 297 g/mol. The topological polar surface area (TPSA) is 67.2 Å². The molecule has 114 valence electrons. The van der Waals surface area contributed by atoms with E-state index in [1.807, 2.05) is 6.92 Å². The van der Waals surface area contributed by atoms with Gasteiger partial charge in [0.2, 0.25) is 0 Å². The quantitative estimate of drug-likeness (QED) is 0.860. The fraction of sp³-hybridized carbons (Fsp3) is 0.286. The number of aromatic nitrogens is 2. The molecule has 0 spiro atoms. The van der Waals surface area contributed by atoms with Gasteiger partial charge in [-0.15, -0.1) is 12.4 Å². The second kappa shape index (κ2) is 7.64. The summed E-state index contributed by atoms with van der Waals surface area (Å²) in [7, 11) is 0. The van der Waals surface area contributed by atoms with Gasteiger partial charge in [0.1, 0.15) is 6.67 Å². The average molecular weight is 314 g/mol. The average Bonchev–Trinajstić information content (AvgIpc) is 2.77. The molecule has 0 unspecified atom stereocenters. The second-order valence-electron chi connectivity index (χ2n) is 4.40. The van der Waals surface area contributed by atoms with Crippen molar-refractivity contribution in [2.75, 3.05) is 12.0 Å². The highest BCUT2D eigenvalue weighted by molar-refractivity contribution is 5.89. The van der Waals surface area contributed by atoms with Gasteiger partial charge in [-0.05, 0) is 18.6 Å². The predicted molar refractivity (Wildman–Crippen MR) is 80.9 cm³/mol. The summed E-state index contributed by atoms with van der Waals surface area (Å²) in [5.41, 5.74) is 2.50. The van der Waals surface area contributed by atoms with E-state index in [0.29, 0.717) is 12.1 Å². The van der Waals surface area contributed by atoms with Crippen molar-refractivity contribution in [1.82, 2.24) is 9.78 Å². The van der Waals surface area contributed by atoms with Crippen LogP contribution in [0.2, 0.25) is 0 Å². The number of carboxylic acid groups (broad SMARTS) is 1. The first kappa shape index (κ1) is 17.0. The number of carbonyl (C=O) groups is 1. The van der Waals surface area contributed by atoms with Crippen molar-refractivity contribution in [3.63, 3.8) is 0 Å². The number of benzene rings is 1. The molecule has 0 fully saturated rings. The molecule has 0 radical (unpaired) electrons. The number of hydrogen-bond donors (Lipinski definition) is 2. The molecule has 2 rings (SSSR count). The second-order valence-corrected chi connectivity index (χ2v) is 4.40. The number of aromatic carboxylic acids is 1. The number of halogens is 2. The van der Waals surface area contributed by atoms with Gasteiger partial charge in [0.25, 0.3) is 0 Å². The highest BCUT2D eigenvalue weighted by atomic mass is 35.5. The first-order valence-electron chi connectivity index (χ1n) is 6.27. The highest BCUT2D eigenvalue weighted by Crippen LogP contribution is 2.16. The Labute approximate surface area is 128 Å². The van der Waals surface area contributed by atoms with Gasteiger partial charge in [-0.1, -0.05) is 18.2 Å². The number of carboxylic acids is 1. The van der Waals surface area contributed by atoms with Gasteiger partial charge >= 0.3 is 5.97 Å². The van der Waals surface area contributed by atoms with Crippen LogP contribution in [0.15, 0.2) is 30.5 Å². The van der Waals surface area contributed by atoms with Crippen LogP contribution in [0.3, 0.4) is 0 Å². The molecule has 0 atom stereocenters. The largest absolute Gasteiger partial charge is 0.478 e. The number of nitrogens with one attached hydrogen (secondary N) is 1. The van der Waals surface area contributed by atoms with E-state index in [9.17, 15) is 9.18 Å². The number of anilines is 1. The van der Waals surface area contributed by atoms with E-state index in [1.54, 1.807) is 30.5 Å². The van der Waals surface area contributed by atoms with Crippen LogP contribution in [0, 0.1) is 6.92 Å². The Balaban J connectivity index is 0.00000220. The molecule has 5 nitrogen and oxygen atoms in total. The maximum atomic E-state index is 12.3. The molecule has 1 aromatic carbocycles. The van der Waals surface area contributed by atoms with Crippen molar-refractivity contribution >= 4 is 24.1 Å². The summed E-state index contributed by atoms with van der Waals surface area (Å²) in [6.45, 7) is 1.95. The molecule has 0 saturated carbocycles. The Bertz CT molecular complexity index is 616. The zero-order valence-electron chi connectivity index (χ0n) is 11.5. The smallest absolute Gasteiger partial charge is 0.336 e. The number of rotatable bonds is 6. The molecular formula is C14H17ClFN3O2. The first-order chi connectivity index (χ1) is 9.61. The van der Waals surface area contributed by atoms with Gasteiger partial charge in [0.15, 0.2) is 0 Å². The van der Waals surface area contributed by atoms with Crippen LogP contribution in [0.5, 0.6) is 0 Å². The van der Waals surface area contributed by atoms with Crippen LogP contribution >= 0.6 is 12.4 Å². The summed E-state index contributed by atoms with van der Waals surface area (Å²) in [5.74, 6) is -0.952. The Morgan fingerprint density at radius 2 is 2.14 bits per heavy atom. The summed E-state index contributed by atoms with van der Waals surface area (Å²) in [6, 6.07) is 6.82. The SMILES string of the molecule is Cc1nn(CCF)cc1NCc1ccccc1C(=O)O.Cl. The van der Waals surface area contributed by atoms with E-state index in [0.717, 1.165) is 11.4 Å². The van der Waals surface area contributed by atoms with Gasteiger partial charge in [-0.3, -0.25) is 4.68 Å². The van der Waals surface area contributed by atoms with Gasteiger partial charge < -0.3 is 10.4 Å². The zero-order chi connectivity index (χ0) is 14.5. The van der Waals surface area contributed by atoms with Crippen molar-refractivity contribution in [2.24, 2.45) is 0 Å². The summed E-state index contributed by atoms with van der Waals surface area (Å²) < 4.78 is 13.8. The normalized spacial score (nSPS) is 10.0. The summed E-state index contributed by atoms with van der Waals surface area (Å²) >= 11 is 0. The third kappa shape index (κ3) is 4.19. The molecule has 1 aromatic heterocycles. The lowest BCUT2D eigenvalue weighted by Gasteiger charge is -2.07. The Hall–Kier alpha value is -2.08. The molecule has 2 N–H and O–H groups in total. The third-order valence-corrected chi connectivity index (χ3v) is 2.98. The fourth-order valence-corrected chi connectivity index (χ4v) is 1.97. The first-order valence-corrected chi connectivity index (χ1v) is 6.27. The van der Waals surface area contributed by atoms with E-state index in [1.165, 1.54) is 4.68 Å². The molecule has 21 heavy (non-hydrogen) atoms. The molecule has 0 aliphatic carbocycles. The van der Waals surface area contributed by atoms with Crippen molar-refractivity contribution in [3.8, 4) is 0 Å². The van der Waals surface area contributed by atoms with Crippen LogP contribution < -0.4 is 5.32 Å². The van der Waals surface area contributed by atoms with Crippen LogP contribution in [-0.4, -0.2) is 27.5 Å². The predicted octanol–water partition coefficient (Wildman–Crippen LogP) is 2.89. The van der Waals surface area contributed by atoms with Crippen LogP contribution in [0.25, 0.3) is 0 Å². The van der Waals surface area contributed by atoms with E-state index in [4.69, 9.17) is 5.11 Å². The molecule has 7 heteroatoms. The molecule has 0 saturated heterocycles. The highest BCUT2D eigenvalue weighted by Gasteiger charge is 2.10. The number of alkyl halides is 1. The van der Waals surface area contributed by atoms with Crippen molar-refractivity contribution in [3.05, 3.63) is 47.3 Å². The number of hydrogen-bond acceptors (Lipinski definition) is 3. The molecule has 0 bridgehead atoms. The molecule has 0 amide bonds. The molecule has 0 aliphatic rings. The minimum atomic E-state index is -0.952. The zero-order valence-corrected chi connectivity index (χ0v) is 12.4. The van der Waals surface area contributed by atoms with E-state index >= 15 is 0 Å². The Morgan fingerprint density at radius 1 is 1.43 bits per heavy atom. The van der Waals surface area contributed by atoms with E-state index in [-0.39, 0.29) is 24.5 Å². The monoisotopic (exact) mass is 313 g/mol. The summed E-state index contributed by atoms with van der Waals surface area (Å²) in [5, 5.41) is 16.4. The summed E-state index contributed by atoms with van der Waals surface area (Å²) in [4.78, 5) is 11.1. The van der Waals surface area contributed by atoms with Crippen molar-refractivity contribution < 1.29 is 14.3 Å². The van der Waals surface area contributed by atoms with Gasteiger partial charge in [0, 0.05) is 12.7 Å². The van der Waals surface area contributed by atoms with Gasteiger partial charge in [-0.25, -0.2) is 9.18 Å². The standard InChI is InChI=1S/C14H16FN3O2.ClH/c1-10-13(9-18(17-10)7-6-15)16-8-11-4-2-3-5-12(11)14(19)20;/h2-5,9,16H,6-8H2,1H3,(H,19,20);1H. The van der Waals surface area contributed by atoms with Crippen LogP contribution in [-0.2, 0) is 13.1 Å². The lowest BCUT2D eigenvalue weighted by molar-refractivity contribution is 0.0696. The van der Waals surface area contributed by atoms with E-state index < -0.39 is 12.6 Å². The fourth-order valence-electron chi connectivity index (χ4n) is 1.97. The maximum Gasteiger partial charge on any atom is 0.336 e. The van der Waals surface area contributed by atoms with Crippen molar-refractivity contribution in [2.45, 2.75) is 20.0 Å². The minimum Gasteiger partial charge on any atom is -0.478 e. The Morgan fingerprint density at radius 3 is 2.81 bits per heavy atom. The lowest BCUT2D eigenvalue weighted by Crippen LogP contribution is -2.07. The minimum absolute atomic E-state index is 0. The van der Waals surface area contributed by atoms with Gasteiger partial charge in [-0.2, -0.15) is 5.10 Å². The maximum absolute atomic E-state index is 12.3.